The molecule has 4 rings (SSSR count). The first kappa shape index (κ1) is 17.3. The second-order valence-corrected chi connectivity index (χ2v) is 8.36. The van der Waals surface area contributed by atoms with Crippen LogP contribution in [0.15, 0.2) is 99.3 Å². The molecule has 0 saturated carbocycles. The molecule has 1 heterocycles. The van der Waals surface area contributed by atoms with Crippen LogP contribution in [0, 0.1) is 0 Å². The van der Waals surface area contributed by atoms with Gasteiger partial charge >= 0.3 is 0 Å². The van der Waals surface area contributed by atoms with Gasteiger partial charge in [0.1, 0.15) is 0 Å². The van der Waals surface area contributed by atoms with E-state index in [2.05, 4.69) is 101 Å². The van der Waals surface area contributed by atoms with Crippen LogP contribution >= 0.6 is 27.7 Å². The summed E-state index contributed by atoms with van der Waals surface area (Å²) in [6.07, 6.45) is 5.42. The van der Waals surface area contributed by atoms with E-state index in [9.17, 15) is 0 Å². The molecule has 3 aromatic rings. The molecule has 0 radical (unpaired) electrons. The van der Waals surface area contributed by atoms with Gasteiger partial charge in [-0.3, -0.25) is 4.99 Å². The molecule has 0 amide bonds. The van der Waals surface area contributed by atoms with Gasteiger partial charge in [0.05, 0.1) is 5.69 Å². The molecule has 0 N–H and O–H groups in total. The van der Waals surface area contributed by atoms with Gasteiger partial charge in [-0.15, -0.1) is 11.8 Å². The molecule has 3 aromatic carbocycles. The van der Waals surface area contributed by atoms with E-state index in [1.165, 1.54) is 16.0 Å². The maximum Gasteiger partial charge on any atom is 0.0769 e. The molecule has 1 aliphatic rings. The van der Waals surface area contributed by atoms with Gasteiger partial charge in [0.25, 0.3) is 0 Å². The second kappa shape index (κ2) is 8.07. The molecular weight excluding hydrogens is 402 g/mol. The lowest BCUT2D eigenvalue weighted by Gasteiger charge is -2.11. The van der Waals surface area contributed by atoms with Gasteiger partial charge in [0.2, 0.25) is 0 Å². The van der Waals surface area contributed by atoms with Crippen molar-refractivity contribution in [3.05, 3.63) is 101 Å². The molecule has 1 nitrogen and oxygen atoms in total. The Morgan fingerprint density at radius 3 is 2.42 bits per heavy atom. The van der Waals surface area contributed by atoms with Crippen LogP contribution in [-0.4, -0.2) is 11.0 Å². The molecule has 0 fully saturated rings. The fourth-order valence-corrected chi connectivity index (χ4v) is 4.33. The van der Waals surface area contributed by atoms with Gasteiger partial charge in [-0.25, -0.2) is 0 Å². The monoisotopic (exact) mass is 419 g/mol. The first-order chi connectivity index (χ1) is 12.8. The van der Waals surface area contributed by atoms with E-state index in [1.807, 2.05) is 17.8 Å². The van der Waals surface area contributed by atoms with Crippen LogP contribution in [0.5, 0.6) is 0 Å². The lowest BCUT2D eigenvalue weighted by molar-refractivity contribution is 1.13. The van der Waals surface area contributed by atoms with Gasteiger partial charge < -0.3 is 0 Å². The van der Waals surface area contributed by atoms with Crippen molar-refractivity contribution in [3.63, 3.8) is 0 Å². The number of rotatable bonds is 3. The average Bonchev–Trinajstić information content (AvgIpc) is 2.87. The first-order valence-electron chi connectivity index (χ1n) is 8.60. The van der Waals surface area contributed by atoms with E-state index in [4.69, 9.17) is 4.99 Å². The Labute approximate surface area is 167 Å². The molecule has 26 heavy (non-hydrogen) atoms. The van der Waals surface area contributed by atoms with Crippen LogP contribution in [0.3, 0.4) is 0 Å². The van der Waals surface area contributed by atoms with Crippen LogP contribution in [0.1, 0.15) is 17.5 Å². The van der Waals surface area contributed by atoms with Crippen molar-refractivity contribution in [2.75, 3.05) is 0 Å². The quantitative estimate of drug-likeness (QED) is 0.438. The van der Waals surface area contributed by atoms with E-state index < -0.39 is 0 Å². The molecule has 1 aliphatic heterocycles. The summed E-state index contributed by atoms with van der Waals surface area (Å²) in [4.78, 5) is 6.23. The Bertz CT molecular complexity index is 945. The Hall–Kier alpha value is -2.10. The van der Waals surface area contributed by atoms with Crippen molar-refractivity contribution in [1.29, 1.82) is 0 Å². The number of hydrogen-bond acceptors (Lipinski definition) is 2. The van der Waals surface area contributed by atoms with Gasteiger partial charge in [-0.05, 0) is 35.4 Å². The molecular formula is C23H18BrNS. The third-order valence-corrected chi connectivity index (χ3v) is 6.03. The number of benzene rings is 3. The van der Waals surface area contributed by atoms with Crippen LogP contribution in [0.4, 0.5) is 5.69 Å². The first-order valence-corrected chi connectivity index (χ1v) is 10.3. The molecule has 0 aliphatic carbocycles. The standard InChI is InChI=1S/C23H18BrNS/c24-19-13-11-18(12-14-19)22-16-20(15-10-17-6-2-1-3-7-17)26-23-9-5-4-8-21(23)25-22/h1-15,20H,16H2/b15-10+. The Balaban J connectivity index is 1.68. The Kier molecular flexibility index (Phi) is 5.37. The van der Waals surface area contributed by atoms with E-state index in [1.54, 1.807) is 0 Å². The molecule has 0 bridgehead atoms. The highest BCUT2D eigenvalue weighted by molar-refractivity contribution is 9.10. The van der Waals surface area contributed by atoms with Crippen LogP contribution in [0.2, 0.25) is 0 Å². The number of thioether (sulfide) groups is 1. The molecule has 0 spiro atoms. The summed E-state index contributed by atoms with van der Waals surface area (Å²) >= 11 is 5.41. The second-order valence-electron chi connectivity index (χ2n) is 6.16. The number of nitrogens with zero attached hydrogens (tertiary/aromatic N) is 1. The van der Waals surface area contributed by atoms with E-state index in [0.717, 1.165) is 22.3 Å². The highest BCUT2D eigenvalue weighted by atomic mass is 79.9. The van der Waals surface area contributed by atoms with E-state index >= 15 is 0 Å². The van der Waals surface area contributed by atoms with E-state index in [0.29, 0.717) is 5.25 Å². The largest absolute Gasteiger partial charge is 0.252 e. The average molecular weight is 420 g/mol. The number of halogens is 1. The zero-order valence-corrected chi connectivity index (χ0v) is 16.6. The number of aliphatic imine (C=N–C) groups is 1. The fourth-order valence-electron chi connectivity index (χ4n) is 2.95. The highest BCUT2D eigenvalue weighted by Gasteiger charge is 2.19. The third kappa shape index (κ3) is 4.17. The van der Waals surface area contributed by atoms with Gasteiger partial charge in [0, 0.05) is 26.8 Å². The smallest absolute Gasteiger partial charge is 0.0769 e. The highest BCUT2D eigenvalue weighted by Crippen LogP contribution is 2.38. The minimum absolute atomic E-state index is 0.348. The van der Waals surface area contributed by atoms with Crippen LogP contribution in [0.25, 0.3) is 6.08 Å². The van der Waals surface area contributed by atoms with Crippen LogP contribution < -0.4 is 0 Å². The predicted molar refractivity (Wildman–Crippen MR) is 117 cm³/mol. The Morgan fingerprint density at radius 2 is 1.62 bits per heavy atom. The minimum atomic E-state index is 0.348. The molecule has 1 atom stereocenters. The number of hydrogen-bond donors (Lipinski definition) is 0. The zero-order valence-electron chi connectivity index (χ0n) is 14.2. The summed E-state index contributed by atoms with van der Waals surface area (Å²) in [7, 11) is 0. The summed E-state index contributed by atoms with van der Waals surface area (Å²) in [6.45, 7) is 0. The lowest BCUT2D eigenvalue weighted by atomic mass is 10.0. The van der Waals surface area contributed by atoms with Crippen molar-refractivity contribution < 1.29 is 0 Å². The predicted octanol–water partition coefficient (Wildman–Crippen LogP) is 7.15. The van der Waals surface area contributed by atoms with Gasteiger partial charge in [0.15, 0.2) is 0 Å². The lowest BCUT2D eigenvalue weighted by Crippen LogP contribution is -2.08. The summed E-state index contributed by atoms with van der Waals surface area (Å²) in [5, 5.41) is 0.348. The molecule has 1 unspecified atom stereocenters. The van der Waals surface area contributed by atoms with Crippen LogP contribution in [-0.2, 0) is 0 Å². The van der Waals surface area contributed by atoms with E-state index in [-0.39, 0.29) is 0 Å². The fraction of sp³-hybridized carbons (Fsp3) is 0.0870. The number of para-hydroxylation sites is 1. The zero-order chi connectivity index (χ0) is 17.8. The summed E-state index contributed by atoms with van der Waals surface area (Å²) in [6, 6.07) is 27.3. The number of fused-ring (bicyclic) bond motifs is 1. The molecule has 0 saturated heterocycles. The summed E-state index contributed by atoms with van der Waals surface area (Å²) in [5.74, 6) is 0. The maximum absolute atomic E-state index is 4.99. The molecule has 0 aromatic heterocycles. The van der Waals surface area contributed by atoms with Crippen molar-refractivity contribution in [2.24, 2.45) is 4.99 Å². The van der Waals surface area contributed by atoms with Gasteiger partial charge in [-0.2, -0.15) is 0 Å². The summed E-state index contributed by atoms with van der Waals surface area (Å²) in [5.41, 5.74) is 4.61. The minimum Gasteiger partial charge on any atom is -0.252 e. The molecule has 3 heteroatoms. The van der Waals surface area contributed by atoms with Crippen molar-refractivity contribution in [1.82, 2.24) is 0 Å². The maximum atomic E-state index is 4.99. The van der Waals surface area contributed by atoms with Crippen molar-refractivity contribution in [2.45, 2.75) is 16.6 Å². The normalized spacial score (nSPS) is 16.8. The topological polar surface area (TPSA) is 12.4 Å². The SMILES string of the molecule is Brc1ccc(C2=Nc3ccccc3SC(/C=C/c3ccccc3)C2)cc1. The van der Waals surface area contributed by atoms with Gasteiger partial charge in [-0.1, -0.05) is 82.7 Å². The Morgan fingerprint density at radius 1 is 0.885 bits per heavy atom. The summed E-state index contributed by atoms with van der Waals surface area (Å²) < 4.78 is 1.09. The van der Waals surface area contributed by atoms with Crippen molar-refractivity contribution >= 4 is 45.2 Å². The molecule has 128 valence electrons. The third-order valence-electron chi connectivity index (χ3n) is 4.27. The van der Waals surface area contributed by atoms with Crippen molar-refractivity contribution in [3.8, 4) is 0 Å².